The number of nitrogens with one attached hydrogen (secondary N) is 1. The molecule has 0 bridgehead atoms. The molecule has 2 aromatic rings. The van der Waals surface area contributed by atoms with Gasteiger partial charge >= 0.3 is 0 Å². The fourth-order valence-corrected chi connectivity index (χ4v) is 3.69. The second-order valence-corrected chi connectivity index (χ2v) is 7.21. The molecule has 0 radical (unpaired) electrons. The van der Waals surface area contributed by atoms with Gasteiger partial charge in [0.05, 0.1) is 12.3 Å². The molecule has 9 heteroatoms. The maximum Gasteiger partial charge on any atom is 0.241 e. The maximum atomic E-state index is 12.5. The van der Waals surface area contributed by atoms with Gasteiger partial charge in [0.2, 0.25) is 11.8 Å². The number of hydrogen-bond donors (Lipinski definition) is 2. The Kier molecular flexibility index (Phi) is 4.69. The van der Waals surface area contributed by atoms with Gasteiger partial charge in [-0.3, -0.25) is 9.59 Å². The average molecular weight is 379 g/mol. The number of nitrogens with two attached hydrogens (primary N) is 1. The van der Waals surface area contributed by atoms with Crippen LogP contribution >= 0.6 is 0 Å². The molecule has 3 heterocycles. The van der Waals surface area contributed by atoms with Gasteiger partial charge in [-0.05, 0) is 18.9 Å². The third kappa shape index (κ3) is 3.41. The highest BCUT2D eigenvalue weighted by molar-refractivity contribution is 5.93. The van der Waals surface area contributed by atoms with Gasteiger partial charge in [-0.15, -0.1) is 0 Å². The Morgan fingerprint density at radius 3 is 2.71 bits per heavy atom. The first kappa shape index (κ1) is 18.0. The number of aromatic amines is 1. The molecule has 0 unspecified atom stereocenters. The van der Waals surface area contributed by atoms with E-state index in [4.69, 9.17) is 11.0 Å². The fourth-order valence-electron chi connectivity index (χ4n) is 3.69. The van der Waals surface area contributed by atoms with Crippen LogP contribution in [0.1, 0.15) is 18.4 Å². The first-order valence-corrected chi connectivity index (χ1v) is 9.30. The summed E-state index contributed by atoms with van der Waals surface area (Å²) >= 11 is 0. The van der Waals surface area contributed by atoms with Gasteiger partial charge in [-0.1, -0.05) is 0 Å². The fraction of sp³-hybridized carbons (Fsp3) is 0.421. The molecule has 0 atom stereocenters. The minimum absolute atomic E-state index is 0.00630. The Bertz CT molecular complexity index is 976. The summed E-state index contributed by atoms with van der Waals surface area (Å²) in [6, 6.07) is 2.22. The van der Waals surface area contributed by atoms with Gasteiger partial charge in [0, 0.05) is 55.9 Å². The first-order valence-electron chi connectivity index (χ1n) is 9.30. The van der Waals surface area contributed by atoms with Crippen LogP contribution in [-0.2, 0) is 9.59 Å². The lowest BCUT2D eigenvalue weighted by Crippen LogP contribution is -2.52. The van der Waals surface area contributed by atoms with Crippen molar-refractivity contribution in [3.8, 4) is 6.07 Å². The lowest BCUT2D eigenvalue weighted by molar-refractivity contribution is -0.139. The Hall–Kier alpha value is -3.41. The number of nitrogens with zero attached hydrogens (tertiary/aromatic N) is 5. The molecule has 3 N–H and O–H groups in total. The van der Waals surface area contributed by atoms with Crippen molar-refractivity contribution >= 4 is 34.9 Å². The predicted octanol–water partition coefficient (Wildman–Crippen LogP) is 0.655. The zero-order valence-electron chi connectivity index (χ0n) is 15.3. The van der Waals surface area contributed by atoms with E-state index in [1.54, 1.807) is 18.5 Å². The van der Waals surface area contributed by atoms with E-state index in [0.29, 0.717) is 50.2 Å². The molecule has 2 fully saturated rings. The number of nitriles is 1. The molecule has 1 saturated carbocycles. The molecule has 0 aromatic carbocycles. The van der Waals surface area contributed by atoms with Crippen molar-refractivity contribution < 1.29 is 9.59 Å². The molecule has 9 nitrogen and oxygen atoms in total. The number of H-pyrrole nitrogens is 1. The molecule has 0 spiro atoms. The van der Waals surface area contributed by atoms with Crippen LogP contribution < -0.4 is 10.6 Å². The van der Waals surface area contributed by atoms with E-state index in [1.807, 2.05) is 4.90 Å². The highest BCUT2D eigenvalue weighted by atomic mass is 16.2. The second kappa shape index (κ2) is 7.31. The number of aromatic nitrogens is 3. The summed E-state index contributed by atoms with van der Waals surface area (Å²) < 4.78 is 0. The van der Waals surface area contributed by atoms with Crippen LogP contribution in [0.2, 0.25) is 0 Å². The Morgan fingerprint density at radius 1 is 1.29 bits per heavy atom. The van der Waals surface area contributed by atoms with Crippen molar-refractivity contribution in [2.24, 2.45) is 17.6 Å². The van der Waals surface area contributed by atoms with Crippen molar-refractivity contribution in [2.75, 3.05) is 31.1 Å². The zero-order valence-corrected chi connectivity index (χ0v) is 15.3. The van der Waals surface area contributed by atoms with E-state index >= 15 is 0 Å². The summed E-state index contributed by atoms with van der Waals surface area (Å²) in [4.78, 5) is 39.6. The molecule has 1 aliphatic carbocycles. The second-order valence-electron chi connectivity index (χ2n) is 7.21. The summed E-state index contributed by atoms with van der Waals surface area (Å²) in [6.45, 7) is 2.62. The number of primary amides is 1. The van der Waals surface area contributed by atoms with Crippen LogP contribution in [0.4, 0.5) is 5.82 Å². The Morgan fingerprint density at radius 2 is 2.04 bits per heavy atom. The number of amides is 2. The summed E-state index contributed by atoms with van der Waals surface area (Å²) in [5, 5.41) is 8.87. The normalized spacial score (nSPS) is 22.2. The largest absolute Gasteiger partial charge is 0.366 e. The highest BCUT2D eigenvalue weighted by Crippen LogP contribution is 2.34. The maximum absolute atomic E-state index is 12.5. The molecule has 2 aromatic heterocycles. The monoisotopic (exact) mass is 379 g/mol. The van der Waals surface area contributed by atoms with Crippen LogP contribution in [0.3, 0.4) is 0 Å². The number of anilines is 1. The summed E-state index contributed by atoms with van der Waals surface area (Å²) in [5.74, 6) is 0.424. The third-order valence-electron chi connectivity index (χ3n) is 5.41. The van der Waals surface area contributed by atoms with Crippen molar-refractivity contribution in [3.63, 3.8) is 0 Å². The lowest BCUT2D eigenvalue weighted by atomic mass is 9.75. The minimum atomic E-state index is -0.521. The molecular weight excluding hydrogens is 358 g/mol. The van der Waals surface area contributed by atoms with E-state index in [0.717, 1.165) is 11.4 Å². The van der Waals surface area contributed by atoms with Crippen LogP contribution in [0.15, 0.2) is 18.5 Å². The minimum Gasteiger partial charge on any atom is -0.366 e. The van der Waals surface area contributed by atoms with Crippen molar-refractivity contribution in [3.05, 3.63) is 24.0 Å². The van der Waals surface area contributed by atoms with E-state index < -0.39 is 5.91 Å². The van der Waals surface area contributed by atoms with E-state index in [1.165, 1.54) is 6.08 Å². The number of carbonyl (C=O) groups excluding carboxylic acids is 2. The third-order valence-corrected chi connectivity index (χ3v) is 5.41. The Balaban J connectivity index is 1.42. The number of fused-ring (bicyclic) bond motifs is 1. The van der Waals surface area contributed by atoms with Crippen LogP contribution in [-0.4, -0.2) is 57.8 Å². The van der Waals surface area contributed by atoms with Crippen LogP contribution in [0.25, 0.3) is 17.2 Å². The average Bonchev–Trinajstić information content (AvgIpc) is 3.08. The van der Waals surface area contributed by atoms with Crippen molar-refractivity contribution in [2.45, 2.75) is 12.8 Å². The lowest BCUT2D eigenvalue weighted by Gasteiger charge is -2.39. The molecule has 4 rings (SSSR count). The SMILES string of the molecule is N#C[C@H]1C[C@@H](C(=O)N2CCN(c3cnc4[nH]cc(/C=C/C(N)=O)c4n3)CC2)C1. The van der Waals surface area contributed by atoms with E-state index in [9.17, 15) is 9.59 Å². The molecule has 1 saturated heterocycles. The van der Waals surface area contributed by atoms with Crippen molar-refractivity contribution in [1.29, 1.82) is 5.26 Å². The summed E-state index contributed by atoms with van der Waals surface area (Å²) in [7, 11) is 0. The zero-order chi connectivity index (χ0) is 19.7. The van der Waals surface area contributed by atoms with Gasteiger partial charge < -0.3 is 20.5 Å². The number of hydrogen-bond acceptors (Lipinski definition) is 6. The van der Waals surface area contributed by atoms with Crippen molar-refractivity contribution in [1.82, 2.24) is 19.9 Å². The quantitative estimate of drug-likeness (QED) is 0.750. The number of rotatable bonds is 4. The smallest absolute Gasteiger partial charge is 0.241 e. The first-order chi connectivity index (χ1) is 13.5. The van der Waals surface area contributed by atoms with E-state index in [2.05, 4.69) is 25.9 Å². The molecule has 2 aliphatic rings. The van der Waals surface area contributed by atoms with Gasteiger partial charge in [-0.25, -0.2) is 9.97 Å². The highest BCUT2D eigenvalue weighted by Gasteiger charge is 2.37. The van der Waals surface area contributed by atoms with Gasteiger partial charge in [0.1, 0.15) is 11.3 Å². The van der Waals surface area contributed by atoms with Gasteiger partial charge in [0.25, 0.3) is 0 Å². The molecule has 28 heavy (non-hydrogen) atoms. The topological polar surface area (TPSA) is 132 Å². The summed E-state index contributed by atoms with van der Waals surface area (Å²) in [5.41, 5.74) is 7.21. The molecule has 144 valence electrons. The molecular formula is C19H21N7O2. The van der Waals surface area contributed by atoms with Gasteiger partial charge in [-0.2, -0.15) is 5.26 Å². The Labute approximate surface area is 161 Å². The molecule has 1 aliphatic heterocycles. The predicted molar refractivity (Wildman–Crippen MR) is 103 cm³/mol. The molecule has 2 amide bonds. The number of carbonyl (C=O) groups is 2. The summed E-state index contributed by atoms with van der Waals surface area (Å²) in [6.07, 6.45) is 7.72. The van der Waals surface area contributed by atoms with E-state index in [-0.39, 0.29) is 17.7 Å². The van der Waals surface area contributed by atoms with Crippen LogP contribution in [0, 0.1) is 23.2 Å². The van der Waals surface area contributed by atoms with Crippen LogP contribution in [0.5, 0.6) is 0 Å². The van der Waals surface area contributed by atoms with Gasteiger partial charge in [0.15, 0.2) is 5.65 Å². The number of piperazine rings is 1. The standard InChI is InChI=1S/C19H21N7O2/c20-9-12-7-14(8-12)19(28)26-5-3-25(4-6-26)16-11-23-18-17(24-16)13(10-22-18)1-2-15(21)27/h1-2,10-12,14H,3-8H2,(H2,21,27)(H,22,23)/b2-1+/t12-,14+.